The summed E-state index contributed by atoms with van der Waals surface area (Å²) in [7, 11) is 0. The van der Waals surface area contributed by atoms with Gasteiger partial charge in [-0.2, -0.15) is 0 Å². The van der Waals surface area contributed by atoms with Crippen LogP contribution in [0.1, 0.15) is 16.7 Å². The summed E-state index contributed by atoms with van der Waals surface area (Å²) >= 11 is 6.19. The molecule has 1 aliphatic rings. The van der Waals surface area contributed by atoms with Crippen LogP contribution in [-0.4, -0.2) is 23.1 Å². The van der Waals surface area contributed by atoms with Crippen molar-refractivity contribution in [2.24, 2.45) is 0 Å². The highest BCUT2D eigenvalue weighted by Gasteiger charge is 2.16. The molecule has 2 aromatic carbocycles. The molecule has 0 spiro atoms. The van der Waals surface area contributed by atoms with Crippen LogP contribution in [0.4, 0.5) is 0 Å². The van der Waals surface area contributed by atoms with E-state index in [1.165, 1.54) is 11.1 Å². The molecular formula is C17H18ClNO. The second kappa shape index (κ2) is 5.86. The van der Waals surface area contributed by atoms with E-state index in [-0.39, 0.29) is 0 Å². The van der Waals surface area contributed by atoms with Crippen molar-refractivity contribution in [3.63, 3.8) is 0 Å². The quantitative estimate of drug-likeness (QED) is 0.911. The van der Waals surface area contributed by atoms with Crippen LogP contribution >= 0.6 is 11.6 Å². The van der Waals surface area contributed by atoms with Crippen LogP contribution in [-0.2, 0) is 19.4 Å². The number of nitrogens with zero attached hydrogens (tertiary/aromatic N) is 1. The summed E-state index contributed by atoms with van der Waals surface area (Å²) in [4.78, 5) is 2.36. The van der Waals surface area contributed by atoms with Gasteiger partial charge in [0.2, 0.25) is 0 Å². The van der Waals surface area contributed by atoms with E-state index in [2.05, 4.69) is 29.2 Å². The first kappa shape index (κ1) is 13.5. The van der Waals surface area contributed by atoms with E-state index in [9.17, 15) is 5.11 Å². The van der Waals surface area contributed by atoms with Crippen molar-refractivity contribution in [2.75, 3.05) is 13.1 Å². The first-order chi connectivity index (χ1) is 9.74. The lowest BCUT2D eigenvalue weighted by Crippen LogP contribution is -2.26. The Labute approximate surface area is 124 Å². The zero-order valence-electron chi connectivity index (χ0n) is 11.3. The highest BCUT2D eigenvalue weighted by Crippen LogP contribution is 2.27. The fourth-order valence-corrected chi connectivity index (χ4v) is 3.03. The molecule has 2 aromatic rings. The van der Waals surface area contributed by atoms with Gasteiger partial charge in [0.1, 0.15) is 5.75 Å². The minimum absolute atomic E-state index is 0.291. The highest BCUT2D eigenvalue weighted by atomic mass is 35.5. The predicted molar refractivity (Wildman–Crippen MR) is 82.2 cm³/mol. The van der Waals surface area contributed by atoms with Crippen LogP contribution in [0.3, 0.4) is 0 Å². The summed E-state index contributed by atoms with van der Waals surface area (Å²) in [5.41, 5.74) is 3.72. The van der Waals surface area contributed by atoms with E-state index in [4.69, 9.17) is 11.6 Å². The van der Waals surface area contributed by atoms with Crippen LogP contribution in [0, 0.1) is 0 Å². The lowest BCUT2D eigenvalue weighted by atomic mass is 10.0. The van der Waals surface area contributed by atoms with Crippen LogP contribution in [0.15, 0.2) is 42.5 Å². The van der Waals surface area contributed by atoms with Crippen molar-refractivity contribution in [1.29, 1.82) is 0 Å². The smallest absolute Gasteiger partial charge is 0.121 e. The molecule has 0 radical (unpaired) electrons. The van der Waals surface area contributed by atoms with Crippen LogP contribution < -0.4 is 0 Å². The second-order valence-electron chi connectivity index (χ2n) is 5.28. The molecule has 0 aromatic heterocycles. The molecule has 1 heterocycles. The van der Waals surface area contributed by atoms with Gasteiger partial charge in [0.25, 0.3) is 0 Å². The van der Waals surface area contributed by atoms with E-state index in [1.54, 1.807) is 12.1 Å². The van der Waals surface area contributed by atoms with E-state index in [1.807, 2.05) is 6.07 Å². The largest absolute Gasteiger partial charge is 0.508 e. The maximum atomic E-state index is 9.95. The van der Waals surface area contributed by atoms with Crippen molar-refractivity contribution in [2.45, 2.75) is 19.4 Å². The zero-order valence-corrected chi connectivity index (χ0v) is 12.1. The number of hydrogen-bond donors (Lipinski definition) is 1. The van der Waals surface area contributed by atoms with Gasteiger partial charge in [-0.1, -0.05) is 41.9 Å². The monoisotopic (exact) mass is 287 g/mol. The molecule has 1 aliphatic heterocycles. The first-order valence-corrected chi connectivity index (χ1v) is 7.37. The van der Waals surface area contributed by atoms with Crippen molar-refractivity contribution in [3.05, 3.63) is 64.2 Å². The SMILES string of the molecule is Oc1cccc(Cl)c1CN1CCc2ccccc2CC1. The third-order valence-corrected chi connectivity index (χ3v) is 4.34. The topological polar surface area (TPSA) is 23.5 Å². The van der Waals surface area contributed by atoms with Crippen LogP contribution in [0.5, 0.6) is 5.75 Å². The predicted octanol–water partition coefficient (Wildman–Crippen LogP) is 3.65. The molecule has 0 saturated carbocycles. The number of halogens is 1. The summed E-state index contributed by atoms with van der Waals surface area (Å²) in [5, 5.41) is 10.6. The molecule has 0 amide bonds. The standard InChI is InChI=1S/C17H18ClNO/c18-16-6-3-7-17(20)15(16)12-19-10-8-13-4-1-2-5-14(13)9-11-19/h1-7,20H,8-12H2. The van der Waals surface area contributed by atoms with Crippen LogP contribution in [0.25, 0.3) is 0 Å². The van der Waals surface area contributed by atoms with Gasteiger partial charge in [0, 0.05) is 30.2 Å². The molecule has 0 saturated heterocycles. The minimum atomic E-state index is 0.291. The molecule has 3 rings (SSSR count). The number of phenolic OH excluding ortho intramolecular Hbond substituents is 1. The Bertz CT molecular complexity index is 564. The summed E-state index contributed by atoms with van der Waals surface area (Å²) in [6.07, 6.45) is 2.11. The molecule has 0 aliphatic carbocycles. The minimum Gasteiger partial charge on any atom is -0.508 e. The molecule has 20 heavy (non-hydrogen) atoms. The van der Waals surface area contributed by atoms with Crippen molar-refractivity contribution in [1.82, 2.24) is 4.90 Å². The van der Waals surface area contributed by atoms with Gasteiger partial charge in [-0.05, 0) is 36.1 Å². The van der Waals surface area contributed by atoms with Gasteiger partial charge >= 0.3 is 0 Å². The average Bonchev–Trinajstić information content (AvgIpc) is 2.66. The molecule has 1 N–H and O–H groups in total. The van der Waals surface area contributed by atoms with Gasteiger partial charge in [0.15, 0.2) is 0 Å². The fourth-order valence-electron chi connectivity index (χ4n) is 2.80. The molecule has 0 atom stereocenters. The number of hydrogen-bond acceptors (Lipinski definition) is 2. The fraction of sp³-hybridized carbons (Fsp3) is 0.294. The van der Waals surface area contributed by atoms with E-state index in [0.29, 0.717) is 17.3 Å². The third kappa shape index (κ3) is 2.82. The molecule has 0 fully saturated rings. The third-order valence-electron chi connectivity index (χ3n) is 3.99. The lowest BCUT2D eigenvalue weighted by Gasteiger charge is -2.21. The Morgan fingerprint density at radius 2 is 1.60 bits per heavy atom. The van der Waals surface area contributed by atoms with Gasteiger partial charge in [0.05, 0.1) is 0 Å². The Kier molecular flexibility index (Phi) is 3.95. The number of benzene rings is 2. The zero-order chi connectivity index (χ0) is 13.9. The summed E-state index contributed by atoms with van der Waals surface area (Å²) in [6, 6.07) is 14.0. The number of phenols is 1. The molecule has 2 nitrogen and oxygen atoms in total. The Balaban J connectivity index is 1.75. The van der Waals surface area contributed by atoms with Gasteiger partial charge < -0.3 is 5.11 Å². The van der Waals surface area contributed by atoms with Gasteiger partial charge in [-0.3, -0.25) is 4.90 Å². The summed E-state index contributed by atoms with van der Waals surface area (Å²) in [6.45, 7) is 2.71. The Morgan fingerprint density at radius 1 is 0.950 bits per heavy atom. The van der Waals surface area contributed by atoms with E-state index >= 15 is 0 Å². The summed E-state index contributed by atoms with van der Waals surface area (Å²) < 4.78 is 0. The number of aromatic hydroxyl groups is 1. The highest BCUT2D eigenvalue weighted by molar-refractivity contribution is 6.31. The Hall–Kier alpha value is -1.51. The summed E-state index contributed by atoms with van der Waals surface area (Å²) in [5.74, 6) is 0.291. The van der Waals surface area contributed by atoms with Crippen molar-refractivity contribution < 1.29 is 5.11 Å². The normalized spacial score (nSPS) is 15.7. The number of fused-ring (bicyclic) bond motifs is 1. The average molecular weight is 288 g/mol. The molecular weight excluding hydrogens is 270 g/mol. The molecule has 0 unspecified atom stereocenters. The first-order valence-electron chi connectivity index (χ1n) is 6.99. The lowest BCUT2D eigenvalue weighted by molar-refractivity contribution is 0.275. The van der Waals surface area contributed by atoms with Gasteiger partial charge in [-0.15, -0.1) is 0 Å². The van der Waals surface area contributed by atoms with Crippen molar-refractivity contribution in [3.8, 4) is 5.75 Å². The molecule has 0 bridgehead atoms. The van der Waals surface area contributed by atoms with E-state index in [0.717, 1.165) is 31.5 Å². The molecule has 104 valence electrons. The van der Waals surface area contributed by atoms with E-state index < -0.39 is 0 Å². The molecule has 3 heteroatoms. The Morgan fingerprint density at radius 3 is 2.20 bits per heavy atom. The van der Waals surface area contributed by atoms with Crippen molar-refractivity contribution >= 4 is 11.6 Å². The second-order valence-corrected chi connectivity index (χ2v) is 5.69. The van der Waals surface area contributed by atoms with Gasteiger partial charge in [-0.25, -0.2) is 0 Å². The maximum absolute atomic E-state index is 9.95. The maximum Gasteiger partial charge on any atom is 0.121 e. The number of rotatable bonds is 2. The van der Waals surface area contributed by atoms with Crippen LogP contribution in [0.2, 0.25) is 5.02 Å².